The first kappa shape index (κ1) is 14.5. The van der Waals surface area contributed by atoms with E-state index in [1.807, 2.05) is 6.92 Å². The summed E-state index contributed by atoms with van der Waals surface area (Å²) < 4.78 is 6.22. The first-order valence-electron chi connectivity index (χ1n) is 7.61. The second-order valence-electron chi connectivity index (χ2n) is 6.35. The minimum Gasteiger partial charge on any atom is -0.455 e. The first-order chi connectivity index (χ1) is 10.6. The van der Waals surface area contributed by atoms with Crippen molar-refractivity contribution in [1.29, 1.82) is 0 Å². The third kappa shape index (κ3) is 2.36. The number of nitrogens with one attached hydrogen (secondary N) is 1. The second kappa shape index (κ2) is 5.25. The maximum absolute atomic E-state index is 6.22. The number of rotatable bonds is 1. The van der Waals surface area contributed by atoms with Gasteiger partial charge in [-0.25, -0.2) is 9.98 Å². The van der Waals surface area contributed by atoms with Crippen LogP contribution in [0.25, 0.3) is 0 Å². The number of ether oxygens (including phenoxy) is 1. The van der Waals surface area contributed by atoms with Crippen molar-refractivity contribution in [3.05, 3.63) is 21.8 Å². The number of aryl methyl sites for hydroxylation is 1. The van der Waals surface area contributed by atoms with Crippen LogP contribution in [0.15, 0.2) is 11.1 Å². The van der Waals surface area contributed by atoms with Crippen molar-refractivity contribution in [2.24, 2.45) is 10.9 Å². The van der Waals surface area contributed by atoms with Gasteiger partial charge in [-0.3, -0.25) is 10.2 Å². The molecule has 5 nitrogen and oxygen atoms in total. The molecule has 4 aliphatic heterocycles. The Labute approximate surface area is 139 Å². The van der Waals surface area contributed by atoms with E-state index in [1.165, 1.54) is 25.9 Å². The molecule has 1 N–H and O–H groups in total. The Morgan fingerprint density at radius 1 is 1.32 bits per heavy atom. The quantitative estimate of drug-likeness (QED) is 0.853. The lowest BCUT2D eigenvalue weighted by molar-refractivity contribution is -0.0829. The highest BCUT2D eigenvalue weighted by Gasteiger charge is 2.51. The number of amidine groups is 1. The molecule has 5 heterocycles. The number of hydrogen-bond donors (Lipinski definition) is 1. The number of aliphatic imine (C=N–C) groups is 1. The molecule has 0 aromatic carbocycles. The predicted molar refractivity (Wildman–Crippen MR) is 87.9 cm³/mol. The summed E-state index contributed by atoms with van der Waals surface area (Å²) in [6.07, 6.45) is 2.39. The fourth-order valence-corrected chi connectivity index (χ4v) is 4.10. The van der Waals surface area contributed by atoms with Gasteiger partial charge in [-0.2, -0.15) is 0 Å². The molecule has 0 saturated carbocycles. The van der Waals surface area contributed by atoms with Gasteiger partial charge in [-0.15, -0.1) is 0 Å². The van der Waals surface area contributed by atoms with Crippen LogP contribution in [-0.2, 0) is 4.74 Å². The molecule has 1 aromatic heterocycles. The maximum Gasteiger partial charge on any atom is 0.291 e. The van der Waals surface area contributed by atoms with Crippen LogP contribution in [0.3, 0.4) is 0 Å². The van der Waals surface area contributed by atoms with Crippen LogP contribution >= 0.6 is 23.2 Å². The van der Waals surface area contributed by atoms with Gasteiger partial charge in [-0.1, -0.05) is 23.2 Å². The molecule has 118 valence electrons. The highest BCUT2D eigenvalue weighted by Crippen LogP contribution is 2.41. The van der Waals surface area contributed by atoms with Crippen LogP contribution in [0, 0.1) is 12.8 Å². The molecule has 7 heteroatoms. The Morgan fingerprint density at radius 2 is 2.09 bits per heavy atom. The first-order valence-corrected chi connectivity index (χ1v) is 8.37. The van der Waals surface area contributed by atoms with E-state index < -0.39 is 0 Å². The van der Waals surface area contributed by atoms with Gasteiger partial charge in [0.05, 0.1) is 22.3 Å². The molecule has 22 heavy (non-hydrogen) atoms. The van der Waals surface area contributed by atoms with Gasteiger partial charge in [0.15, 0.2) is 5.82 Å². The standard InChI is InChI=1S/C15H18Cl2N4O/c1-9-11(16)6-12(17)13(19-9)20-14-18-7-15(22-14)8-21-4-2-10(15)3-5-21/h6,10H,2-5,7-8H2,1H3,(H,18,19,20)/t15-/m0/s1. The Bertz CT molecular complexity index is 643. The maximum atomic E-state index is 6.22. The van der Waals surface area contributed by atoms with Crippen molar-refractivity contribution in [1.82, 2.24) is 9.88 Å². The van der Waals surface area contributed by atoms with E-state index in [1.54, 1.807) is 6.07 Å². The topological polar surface area (TPSA) is 49.8 Å². The summed E-state index contributed by atoms with van der Waals surface area (Å²) in [5.41, 5.74) is 0.567. The molecule has 4 aliphatic rings. The van der Waals surface area contributed by atoms with E-state index in [9.17, 15) is 0 Å². The number of halogens is 2. The van der Waals surface area contributed by atoms with Crippen LogP contribution in [0.4, 0.5) is 5.82 Å². The van der Waals surface area contributed by atoms with Gasteiger partial charge in [0.2, 0.25) is 0 Å². The lowest BCUT2D eigenvalue weighted by Crippen LogP contribution is -2.61. The van der Waals surface area contributed by atoms with E-state index in [0.29, 0.717) is 34.3 Å². The number of pyridine rings is 1. The SMILES string of the molecule is Cc1nc(NC2=NC[C@@]3(CN4CCC3CC4)O2)c(Cl)cc1Cl. The van der Waals surface area contributed by atoms with E-state index in [2.05, 4.69) is 20.2 Å². The van der Waals surface area contributed by atoms with E-state index in [0.717, 1.165) is 12.2 Å². The number of nitrogens with zero attached hydrogens (tertiary/aromatic N) is 3. The average molecular weight is 341 g/mol. The van der Waals surface area contributed by atoms with Crippen LogP contribution < -0.4 is 5.32 Å². The summed E-state index contributed by atoms with van der Waals surface area (Å²) >= 11 is 12.2. The van der Waals surface area contributed by atoms with Gasteiger partial charge in [-0.05, 0) is 38.9 Å². The van der Waals surface area contributed by atoms with Crippen LogP contribution in [0.2, 0.25) is 10.0 Å². The zero-order chi connectivity index (χ0) is 15.3. The minimum absolute atomic E-state index is 0.160. The molecule has 1 aromatic rings. The van der Waals surface area contributed by atoms with Crippen molar-refractivity contribution in [2.45, 2.75) is 25.4 Å². The van der Waals surface area contributed by atoms with Crippen LogP contribution in [0.5, 0.6) is 0 Å². The number of piperidine rings is 3. The third-order valence-electron chi connectivity index (χ3n) is 4.94. The summed E-state index contributed by atoms with van der Waals surface area (Å²) in [4.78, 5) is 11.4. The van der Waals surface area contributed by atoms with Crippen LogP contribution in [-0.4, -0.2) is 47.7 Å². The van der Waals surface area contributed by atoms with Crippen molar-refractivity contribution < 1.29 is 4.74 Å². The molecule has 0 amide bonds. The Morgan fingerprint density at radius 3 is 2.77 bits per heavy atom. The van der Waals surface area contributed by atoms with Crippen molar-refractivity contribution >= 4 is 35.0 Å². The Kier molecular flexibility index (Phi) is 3.47. The van der Waals surface area contributed by atoms with Gasteiger partial charge in [0.1, 0.15) is 5.60 Å². The van der Waals surface area contributed by atoms with Crippen LogP contribution in [0.1, 0.15) is 18.5 Å². The molecule has 0 aliphatic carbocycles. The van der Waals surface area contributed by atoms with Gasteiger partial charge < -0.3 is 4.74 Å². The summed E-state index contributed by atoms with van der Waals surface area (Å²) in [6, 6.07) is 2.21. The smallest absolute Gasteiger partial charge is 0.291 e. The lowest BCUT2D eigenvalue weighted by Gasteiger charge is -2.50. The van der Waals surface area contributed by atoms with Crippen molar-refractivity contribution in [3.63, 3.8) is 0 Å². The third-order valence-corrected chi connectivity index (χ3v) is 5.61. The molecule has 1 atom stereocenters. The van der Waals surface area contributed by atoms with E-state index in [-0.39, 0.29) is 5.60 Å². The molecular formula is C15H18Cl2N4O. The minimum atomic E-state index is -0.160. The van der Waals surface area contributed by atoms with E-state index in [4.69, 9.17) is 27.9 Å². The second-order valence-corrected chi connectivity index (χ2v) is 7.16. The zero-order valence-electron chi connectivity index (χ0n) is 12.4. The summed E-state index contributed by atoms with van der Waals surface area (Å²) in [5.74, 6) is 1.14. The predicted octanol–water partition coefficient (Wildman–Crippen LogP) is 2.96. The summed E-state index contributed by atoms with van der Waals surface area (Å²) in [7, 11) is 0. The van der Waals surface area contributed by atoms with Gasteiger partial charge in [0.25, 0.3) is 6.02 Å². The largest absolute Gasteiger partial charge is 0.455 e. The molecule has 1 spiro atoms. The molecule has 3 fully saturated rings. The molecule has 5 rings (SSSR count). The fourth-order valence-electron chi connectivity index (χ4n) is 3.69. The van der Waals surface area contributed by atoms with Crippen molar-refractivity contribution in [3.8, 4) is 0 Å². The number of aromatic nitrogens is 1. The zero-order valence-corrected chi connectivity index (χ0v) is 13.9. The summed E-state index contributed by atoms with van der Waals surface area (Å²) in [6.45, 7) is 5.88. The lowest BCUT2D eigenvalue weighted by atomic mass is 9.75. The van der Waals surface area contributed by atoms with Gasteiger partial charge in [0, 0.05) is 12.5 Å². The number of anilines is 1. The van der Waals surface area contributed by atoms with E-state index >= 15 is 0 Å². The monoisotopic (exact) mass is 340 g/mol. The highest BCUT2D eigenvalue weighted by molar-refractivity contribution is 6.36. The highest BCUT2D eigenvalue weighted by atomic mass is 35.5. The van der Waals surface area contributed by atoms with Gasteiger partial charge >= 0.3 is 0 Å². The molecule has 0 radical (unpaired) electrons. The normalized spacial score (nSPS) is 33.0. The molecular weight excluding hydrogens is 323 g/mol. The summed E-state index contributed by atoms with van der Waals surface area (Å²) in [5, 5.41) is 4.14. The Hall–Kier alpha value is -1.04. The molecule has 3 saturated heterocycles. The number of fused-ring (bicyclic) bond motifs is 2. The Balaban J connectivity index is 1.51. The number of hydrogen-bond acceptors (Lipinski definition) is 5. The van der Waals surface area contributed by atoms with Crippen molar-refractivity contribution in [2.75, 3.05) is 31.5 Å². The molecule has 2 bridgehead atoms. The fraction of sp³-hybridized carbons (Fsp3) is 0.600. The average Bonchev–Trinajstić information content (AvgIpc) is 2.88. The molecule has 0 unspecified atom stereocenters.